The van der Waals surface area contributed by atoms with Crippen LogP contribution in [-0.2, 0) is 16.0 Å². The fourth-order valence-corrected chi connectivity index (χ4v) is 3.04. The third-order valence-corrected chi connectivity index (χ3v) is 4.14. The number of amides is 1. The minimum absolute atomic E-state index is 0.0642. The number of benzene rings is 1. The Balaban J connectivity index is 1.64. The second-order valence-electron chi connectivity index (χ2n) is 5.28. The summed E-state index contributed by atoms with van der Waals surface area (Å²) in [6, 6.07) is 9.75. The van der Waals surface area contributed by atoms with E-state index in [1.165, 1.54) is 0 Å². The van der Waals surface area contributed by atoms with Crippen molar-refractivity contribution in [2.24, 2.45) is 0 Å². The van der Waals surface area contributed by atoms with Crippen molar-refractivity contribution in [3.63, 3.8) is 0 Å². The lowest BCUT2D eigenvalue weighted by molar-refractivity contribution is -0.128. The summed E-state index contributed by atoms with van der Waals surface area (Å²) in [7, 11) is 0. The molecule has 20 heavy (non-hydrogen) atoms. The van der Waals surface area contributed by atoms with Crippen molar-refractivity contribution in [3.8, 4) is 0 Å². The molecule has 1 amide bonds. The lowest BCUT2D eigenvalue weighted by Gasteiger charge is -2.18. The van der Waals surface area contributed by atoms with Crippen LogP contribution in [0.2, 0.25) is 0 Å². The van der Waals surface area contributed by atoms with Crippen molar-refractivity contribution in [1.29, 1.82) is 0 Å². The molecular weight excluding hydrogens is 272 g/mol. The van der Waals surface area contributed by atoms with Gasteiger partial charge in [-0.3, -0.25) is 9.69 Å². The summed E-state index contributed by atoms with van der Waals surface area (Å²) >= 11 is 5.28. The highest BCUT2D eigenvalue weighted by Gasteiger charge is 2.37. The fraction of sp³-hybridized carbons (Fsp3) is 0.467. The summed E-state index contributed by atoms with van der Waals surface area (Å²) in [5.74, 6) is 0.0642. The molecule has 106 valence electrons. The molecule has 1 N–H and O–H groups in total. The average molecular weight is 290 g/mol. The summed E-state index contributed by atoms with van der Waals surface area (Å²) in [6.07, 6.45) is 2.88. The summed E-state index contributed by atoms with van der Waals surface area (Å²) in [5.41, 5.74) is 1.14. The van der Waals surface area contributed by atoms with Crippen molar-refractivity contribution >= 4 is 23.2 Å². The molecule has 1 aromatic rings. The monoisotopic (exact) mass is 290 g/mol. The van der Waals surface area contributed by atoms with Crippen LogP contribution in [0.4, 0.5) is 0 Å². The maximum atomic E-state index is 12.4. The van der Waals surface area contributed by atoms with Crippen LogP contribution in [0.3, 0.4) is 0 Å². The molecule has 4 nitrogen and oxygen atoms in total. The minimum Gasteiger partial charge on any atom is -0.376 e. The molecule has 0 aromatic heterocycles. The molecule has 0 radical (unpaired) electrons. The van der Waals surface area contributed by atoms with Crippen molar-refractivity contribution in [3.05, 3.63) is 35.9 Å². The summed E-state index contributed by atoms with van der Waals surface area (Å²) in [4.78, 5) is 14.1. The first-order chi connectivity index (χ1) is 9.74. The molecule has 0 unspecified atom stereocenters. The molecule has 2 fully saturated rings. The van der Waals surface area contributed by atoms with Gasteiger partial charge in [-0.15, -0.1) is 0 Å². The van der Waals surface area contributed by atoms with E-state index in [0.29, 0.717) is 18.1 Å². The third-order valence-electron chi connectivity index (χ3n) is 3.80. The Morgan fingerprint density at radius 2 is 2.15 bits per heavy atom. The maximum Gasteiger partial charge on any atom is 0.251 e. The van der Waals surface area contributed by atoms with Gasteiger partial charge in [-0.05, 0) is 30.6 Å². The van der Waals surface area contributed by atoms with Crippen LogP contribution < -0.4 is 5.32 Å². The van der Waals surface area contributed by atoms with Gasteiger partial charge in [-0.1, -0.05) is 30.3 Å². The van der Waals surface area contributed by atoms with Crippen molar-refractivity contribution in [1.82, 2.24) is 10.2 Å². The number of nitrogens with zero attached hydrogens (tertiary/aromatic N) is 1. The first-order valence-corrected chi connectivity index (χ1v) is 7.42. The zero-order valence-electron chi connectivity index (χ0n) is 11.2. The number of carbonyl (C=O) groups is 1. The topological polar surface area (TPSA) is 41.6 Å². The molecule has 0 bridgehead atoms. The molecular formula is C15H18N2O2S. The lowest BCUT2D eigenvalue weighted by Crippen LogP contribution is -2.37. The Morgan fingerprint density at radius 1 is 1.35 bits per heavy atom. The highest BCUT2D eigenvalue weighted by molar-refractivity contribution is 7.80. The standard InChI is InChI=1S/C15H18N2O2S/c18-14-13(9-11-5-2-1-3-6-11)16-15(20)17(14)10-12-7-4-8-19-12/h1-3,5-6,12-13H,4,7-10H2,(H,16,20)/t12-,13+/m1/s1. The van der Waals surface area contributed by atoms with Crippen LogP contribution in [-0.4, -0.2) is 41.2 Å². The Hall–Kier alpha value is -1.46. The highest BCUT2D eigenvalue weighted by atomic mass is 32.1. The van der Waals surface area contributed by atoms with Gasteiger partial charge in [0.2, 0.25) is 0 Å². The van der Waals surface area contributed by atoms with Gasteiger partial charge in [-0.2, -0.15) is 0 Å². The third kappa shape index (κ3) is 2.83. The summed E-state index contributed by atoms with van der Waals surface area (Å²) < 4.78 is 5.58. The summed E-state index contributed by atoms with van der Waals surface area (Å²) in [5, 5.41) is 3.66. The normalized spacial score (nSPS) is 26.1. The number of rotatable bonds is 4. The smallest absolute Gasteiger partial charge is 0.251 e. The van der Waals surface area contributed by atoms with Gasteiger partial charge >= 0.3 is 0 Å². The van der Waals surface area contributed by atoms with Gasteiger partial charge < -0.3 is 10.1 Å². The zero-order chi connectivity index (χ0) is 13.9. The van der Waals surface area contributed by atoms with Crippen molar-refractivity contribution in [2.45, 2.75) is 31.4 Å². The maximum absolute atomic E-state index is 12.4. The number of nitrogens with one attached hydrogen (secondary N) is 1. The van der Waals surface area contributed by atoms with Gasteiger partial charge in [0.25, 0.3) is 5.91 Å². The number of hydrogen-bond donors (Lipinski definition) is 1. The highest BCUT2D eigenvalue weighted by Crippen LogP contribution is 2.18. The van der Waals surface area contributed by atoms with E-state index < -0.39 is 0 Å². The number of hydrogen-bond acceptors (Lipinski definition) is 3. The molecule has 3 rings (SSSR count). The average Bonchev–Trinajstić information content (AvgIpc) is 3.05. The molecule has 2 saturated heterocycles. The Bertz CT molecular complexity index is 500. The Kier molecular flexibility index (Phi) is 3.98. The van der Waals surface area contributed by atoms with E-state index in [1.54, 1.807) is 4.90 Å². The summed E-state index contributed by atoms with van der Waals surface area (Å²) in [6.45, 7) is 1.37. The van der Waals surface area contributed by atoms with E-state index in [4.69, 9.17) is 17.0 Å². The van der Waals surface area contributed by atoms with Crippen LogP contribution in [0.5, 0.6) is 0 Å². The second kappa shape index (κ2) is 5.89. The van der Waals surface area contributed by atoms with Crippen molar-refractivity contribution < 1.29 is 9.53 Å². The van der Waals surface area contributed by atoms with Gasteiger partial charge in [0, 0.05) is 13.0 Å². The molecule has 2 aliphatic heterocycles. The number of thiocarbonyl (C=S) groups is 1. The molecule has 0 saturated carbocycles. The van der Waals surface area contributed by atoms with Gasteiger partial charge in [0.1, 0.15) is 6.04 Å². The van der Waals surface area contributed by atoms with E-state index in [1.807, 2.05) is 30.3 Å². The Labute approximate surface area is 124 Å². The van der Waals surface area contributed by atoms with Crippen LogP contribution in [0.25, 0.3) is 0 Å². The molecule has 2 aliphatic rings. The lowest BCUT2D eigenvalue weighted by atomic mass is 10.1. The largest absolute Gasteiger partial charge is 0.376 e. The first kappa shape index (κ1) is 13.5. The predicted molar refractivity (Wildman–Crippen MR) is 80.4 cm³/mol. The van der Waals surface area contributed by atoms with E-state index in [0.717, 1.165) is 25.0 Å². The molecule has 1 aromatic carbocycles. The zero-order valence-corrected chi connectivity index (χ0v) is 12.1. The molecule has 0 aliphatic carbocycles. The van der Waals surface area contributed by atoms with Gasteiger partial charge in [0.05, 0.1) is 12.6 Å². The van der Waals surface area contributed by atoms with Crippen LogP contribution in [0, 0.1) is 0 Å². The SMILES string of the molecule is O=C1[C@H](Cc2ccccc2)NC(=S)N1C[C@H]1CCCO1. The second-order valence-corrected chi connectivity index (χ2v) is 5.66. The van der Waals surface area contributed by atoms with Gasteiger partial charge in [0.15, 0.2) is 5.11 Å². The van der Waals surface area contributed by atoms with E-state index in [2.05, 4.69) is 5.32 Å². The van der Waals surface area contributed by atoms with Crippen molar-refractivity contribution in [2.75, 3.05) is 13.2 Å². The first-order valence-electron chi connectivity index (χ1n) is 7.01. The van der Waals surface area contributed by atoms with Crippen LogP contribution >= 0.6 is 12.2 Å². The molecule has 5 heteroatoms. The molecule has 0 spiro atoms. The van der Waals surface area contributed by atoms with Crippen LogP contribution in [0.15, 0.2) is 30.3 Å². The van der Waals surface area contributed by atoms with E-state index >= 15 is 0 Å². The van der Waals surface area contributed by atoms with Crippen LogP contribution in [0.1, 0.15) is 18.4 Å². The number of ether oxygens (including phenoxy) is 1. The molecule has 2 atom stereocenters. The number of carbonyl (C=O) groups excluding carboxylic acids is 1. The predicted octanol–water partition coefficient (Wildman–Crippen LogP) is 1.49. The van der Waals surface area contributed by atoms with E-state index in [9.17, 15) is 4.79 Å². The van der Waals surface area contributed by atoms with E-state index in [-0.39, 0.29) is 18.1 Å². The minimum atomic E-state index is -0.244. The quantitative estimate of drug-likeness (QED) is 0.853. The Morgan fingerprint density at radius 3 is 2.85 bits per heavy atom. The fourth-order valence-electron chi connectivity index (χ4n) is 2.73. The molecule has 2 heterocycles. The van der Waals surface area contributed by atoms with Gasteiger partial charge in [-0.25, -0.2) is 0 Å².